The lowest BCUT2D eigenvalue weighted by molar-refractivity contribution is -0.379. The Balaban J connectivity index is 1.39. The van der Waals surface area contributed by atoms with E-state index in [1.807, 2.05) is 12.4 Å². The molecule has 2 unspecified atom stereocenters. The Hall–Kier alpha value is -2.95. The molecule has 5 rings (SSSR count). The average Bonchev–Trinajstić information content (AvgIpc) is 3.55. The van der Waals surface area contributed by atoms with Gasteiger partial charge in [0.25, 0.3) is 0 Å². The lowest BCUT2D eigenvalue weighted by Gasteiger charge is -2.32. The second-order valence-electron chi connectivity index (χ2n) is 7.90. The zero-order valence-electron chi connectivity index (χ0n) is 16.5. The third-order valence-electron chi connectivity index (χ3n) is 5.97. The van der Waals surface area contributed by atoms with Crippen molar-refractivity contribution in [2.24, 2.45) is 0 Å². The first-order valence-corrected chi connectivity index (χ1v) is 11.1. The van der Waals surface area contributed by atoms with E-state index in [2.05, 4.69) is 29.7 Å². The number of piperidine rings is 2. The second-order valence-corrected chi connectivity index (χ2v) is 8.86. The van der Waals surface area contributed by atoms with E-state index in [1.54, 1.807) is 12.4 Å². The fraction of sp³-hybridized carbons (Fsp3) is 0.526. The largest absolute Gasteiger partial charge is 0.369 e. The van der Waals surface area contributed by atoms with Crippen molar-refractivity contribution in [1.82, 2.24) is 24.9 Å². The van der Waals surface area contributed by atoms with Gasteiger partial charge in [0.05, 0.1) is 4.92 Å². The highest BCUT2D eigenvalue weighted by Crippen LogP contribution is 2.42. The van der Waals surface area contributed by atoms with Gasteiger partial charge in [0.1, 0.15) is 11.6 Å². The van der Waals surface area contributed by atoms with Gasteiger partial charge in [-0.25, -0.2) is 9.97 Å². The van der Waals surface area contributed by atoms with E-state index in [4.69, 9.17) is 4.98 Å². The van der Waals surface area contributed by atoms with Gasteiger partial charge in [-0.1, -0.05) is 0 Å². The fourth-order valence-corrected chi connectivity index (χ4v) is 5.46. The number of rotatable bonds is 5. The van der Waals surface area contributed by atoms with Crippen LogP contribution in [0.5, 0.6) is 0 Å². The number of nitrogens with one attached hydrogen (secondary N) is 2. The zero-order valence-corrected chi connectivity index (χ0v) is 17.3. The van der Waals surface area contributed by atoms with Crippen LogP contribution in [-0.4, -0.2) is 56.0 Å². The molecular formula is C19H24N8O2S. The van der Waals surface area contributed by atoms with Crippen molar-refractivity contribution in [1.29, 1.82) is 0 Å². The van der Waals surface area contributed by atoms with E-state index in [0.29, 0.717) is 18.3 Å². The minimum absolute atomic E-state index is 0.130. The number of hydrogen-bond acceptors (Lipinski definition) is 8. The molecule has 2 saturated heterocycles. The Kier molecular flexibility index (Phi) is 5.11. The molecule has 2 N–H and O–H groups in total. The summed E-state index contributed by atoms with van der Waals surface area (Å²) in [5.41, 5.74) is 0. The quantitative estimate of drug-likeness (QED) is 0.473. The molecule has 3 aromatic rings. The molecule has 3 aromatic heterocycles. The summed E-state index contributed by atoms with van der Waals surface area (Å²) in [5, 5.41) is 12.7. The molecular weight excluding hydrogens is 404 g/mol. The van der Waals surface area contributed by atoms with Gasteiger partial charge >= 0.3 is 5.00 Å². The number of nitrogens with zero attached hydrogens (tertiary/aromatic N) is 6. The predicted octanol–water partition coefficient (Wildman–Crippen LogP) is 3.27. The third kappa shape index (κ3) is 3.64. The minimum atomic E-state index is -0.291. The number of H-pyrrole nitrogens is 2. The van der Waals surface area contributed by atoms with Crippen LogP contribution in [0, 0.1) is 10.1 Å². The summed E-state index contributed by atoms with van der Waals surface area (Å²) in [5.74, 6) is 2.94. The summed E-state index contributed by atoms with van der Waals surface area (Å²) < 4.78 is 0. The second kappa shape index (κ2) is 8.05. The first kappa shape index (κ1) is 19.0. The Labute approximate surface area is 177 Å². The summed E-state index contributed by atoms with van der Waals surface area (Å²) in [7, 11) is 0. The van der Waals surface area contributed by atoms with E-state index >= 15 is 0 Å². The summed E-state index contributed by atoms with van der Waals surface area (Å²) in [4.78, 5) is 35.7. The molecule has 2 fully saturated rings. The monoisotopic (exact) mass is 428 g/mol. The predicted molar refractivity (Wildman–Crippen MR) is 114 cm³/mol. The van der Waals surface area contributed by atoms with Crippen LogP contribution in [0.15, 0.2) is 24.8 Å². The lowest BCUT2D eigenvalue weighted by atomic mass is 9.97. The SMILES string of the molecule is O=[N+]([O-])c1sc(N2CCCC(c3ncc[nH]3)C2)nc1N1CCCC(c2ncc[nH]2)C1. The van der Waals surface area contributed by atoms with Crippen LogP contribution < -0.4 is 9.80 Å². The molecule has 5 heterocycles. The number of aromatic amines is 2. The minimum Gasteiger partial charge on any atom is -0.349 e. The molecule has 0 aliphatic carbocycles. The van der Waals surface area contributed by atoms with Gasteiger partial charge in [-0.05, 0) is 37.0 Å². The van der Waals surface area contributed by atoms with Crippen LogP contribution in [0.4, 0.5) is 16.0 Å². The van der Waals surface area contributed by atoms with Crippen LogP contribution in [0.25, 0.3) is 0 Å². The maximum atomic E-state index is 11.8. The molecule has 0 amide bonds. The number of anilines is 2. The smallest absolute Gasteiger partial charge is 0.349 e. The van der Waals surface area contributed by atoms with E-state index in [9.17, 15) is 10.1 Å². The number of hydrogen-bond donors (Lipinski definition) is 2. The van der Waals surface area contributed by atoms with Gasteiger partial charge in [0.15, 0.2) is 5.13 Å². The van der Waals surface area contributed by atoms with Crippen LogP contribution in [-0.2, 0) is 0 Å². The number of aromatic nitrogens is 5. The first-order chi connectivity index (χ1) is 14.7. The van der Waals surface area contributed by atoms with E-state index in [0.717, 1.165) is 62.1 Å². The maximum Gasteiger partial charge on any atom is 0.369 e. The molecule has 2 aliphatic rings. The summed E-state index contributed by atoms with van der Waals surface area (Å²) in [6.45, 7) is 3.09. The van der Waals surface area contributed by atoms with Crippen molar-refractivity contribution in [3.05, 3.63) is 46.6 Å². The molecule has 2 atom stereocenters. The molecule has 0 spiro atoms. The summed E-state index contributed by atoms with van der Waals surface area (Å²) >= 11 is 1.19. The van der Waals surface area contributed by atoms with Crippen molar-refractivity contribution in [2.75, 3.05) is 36.0 Å². The van der Waals surface area contributed by atoms with E-state index < -0.39 is 0 Å². The molecule has 0 aromatic carbocycles. The van der Waals surface area contributed by atoms with Gasteiger partial charge < -0.3 is 19.8 Å². The number of thiazole rings is 1. The standard InChI is InChI=1S/C19H24N8O2S/c28-27(29)18-17(25-9-1-3-13(11-25)15-20-5-6-21-15)24-19(30-18)26-10-2-4-14(12-26)16-22-7-8-23-16/h5-8,13-14H,1-4,9-12H2,(H,20,21)(H,22,23). The van der Waals surface area contributed by atoms with Crippen molar-refractivity contribution >= 4 is 27.3 Å². The molecule has 0 saturated carbocycles. The van der Waals surface area contributed by atoms with Gasteiger partial charge in [-0.2, -0.15) is 4.98 Å². The molecule has 10 nitrogen and oxygen atoms in total. The van der Waals surface area contributed by atoms with Gasteiger partial charge in [-0.3, -0.25) is 10.1 Å². The molecule has 158 valence electrons. The topological polar surface area (TPSA) is 120 Å². The third-order valence-corrected chi connectivity index (χ3v) is 7.03. The highest BCUT2D eigenvalue weighted by Gasteiger charge is 2.33. The highest BCUT2D eigenvalue weighted by atomic mass is 32.1. The van der Waals surface area contributed by atoms with Crippen molar-refractivity contribution in [3.63, 3.8) is 0 Å². The average molecular weight is 429 g/mol. The van der Waals surface area contributed by atoms with E-state index in [-0.39, 0.29) is 15.8 Å². The lowest BCUT2D eigenvalue weighted by Crippen LogP contribution is -2.36. The molecule has 2 aliphatic heterocycles. The van der Waals surface area contributed by atoms with Crippen LogP contribution >= 0.6 is 11.3 Å². The zero-order chi connectivity index (χ0) is 20.5. The van der Waals surface area contributed by atoms with Crippen LogP contribution in [0.1, 0.15) is 49.2 Å². The molecule has 0 bridgehead atoms. The van der Waals surface area contributed by atoms with Gasteiger partial charge in [0, 0.05) is 62.8 Å². The Morgan fingerprint density at radius 3 is 2.17 bits per heavy atom. The van der Waals surface area contributed by atoms with Crippen molar-refractivity contribution in [2.45, 2.75) is 37.5 Å². The van der Waals surface area contributed by atoms with Crippen molar-refractivity contribution in [3.8, 4) is 0 Å². The summed E-state index contributed by atoms with van der Waals surface area (Å²) in [6, 6.07) is 0. The summed E-state index contributed by atoms with van der Waals surface area (Å²) in [6.07, 6.45) is 11.2. The van der Waals surface area contributed by atoms with Crippen LogP contribution in [0.2, 0.25) is 0 Å². The molecule has 0 radical (unpaired) electrons. The van der Waals surface area contributed by atoms with Gasteiger partial charge in [0.2, 0.25) is 5.82 Å². The fourth-order valence-electron chi connectivity index (χ4n) is 4.52. The van der Waals surface area contributed by atoms with Crippen molar-refractivity contribution < 1.29 is 4.92 Å². The molecule has 11 heteroatoms. The Morgan fingerprint density at radius 1 is 1.00 bits per heavy atom. The Bertz CT molecular complexity index is 987. The normalized spacial score (nSPS) is 22.4. The van der Waals surface area contributed by atoms with Crippen LogP contribution in [0.3, 0.4) is 0 Å². The Morgan fingerprint density at radius 2 is 1.60 bits per heavy atom. The van der Waals surface area contributed by atoms with Gasteiger partial charge in [-0.15, -0.1) is 0 Å². The van der Waals surface area contributed by atoms with E-state index in [1.165, 1.54) is 11.3 Å². The first-order valence-electron chi connectivity index (χ1n) is 10.3. The molecule has 30 heavy (non-hydrogen) atoms. The number of nitro groups is 1. The maximum absolute atomic E-state index is 11.8. The highest BCUT2D eigenvalue weighted by molar-refractivity contribution is 7.19. The number of imidazole rings is 2.